The van der Waals surface area contributed by atoms with Gasteiger partial charge in [-0.1, -0.05) is 0 Å². The van der Waals surface area contributed by atoms with Crippen molar-refractivity contribution in [1.29, 1.82) is 0 Å². The summed E-state index contributed by atoms with van der Waals surface area (Å²) in [6.45, 7) is 6.88. The number of rotatable bonds is 4. The van der Waals surface area contributed by atoms with E-state index in [0.717, 1.165) is 37.5 Å². The molecule has 0 bridgehead atoms. The highest BCUT2D eigenvalue weighted by atomic mass is 19.4. The molecule has 0 radical (unpaired) electrons. The molecule has 1 aliphatic rings. The summed E-state index contributed by atoms with van der Waals surface area (Å²) in [6, 6.07) is 1.59. The minimum Gasteiger partial charge on any atom is -0.464 e. The number of hydrogen-bond donors (Lipinski definition) is 1. The number of halogens is 3. The third-order valence-electron chi connectivity index (χ3n) is 3.81. The van der Waals surface area contributed by atoms with Crippen molar-refractivity contribution in [2.45, 2.75) is 38.9 Å². The van der Waals surface area contributed by atoms with Crippen LogP contribution in [-0.4, -0.2) is 37.3 Å². The molecule has 1 saturated heterocycles. The van der Waals surface area contributed by atoms with E-state index >= 15 is 0 Å². The van der Waals surface area contributed by atoms with Gasteiger partial charge in [0.15, 0.2) is 0 Å². The molecular formula is C14H21F3N2O. The fourth-order valence-corrected chi connectivity index (χ4v) is 2.56. The van der Waals surface area contributed by atoms with Crippen LogP contribution in [0.25, 0.3) is 0 Å². The van der Waals surface area contributed by atoms with Gasteiger partial charge < -0.3 is 9.73 Å². The van der Waals surface area contributed by atoms with Crippen LogP contribution in [-0.2, 0) is 0 Å². The molecule has 0 amide bonds. The van der Waals surface area contributed by atoms with Gasteiger partial charge >= 0.3 is 6.18 Å². The Balaban J connectivity index is 2.14. The van der Waals surface area contributed by atoms with Crippen molar-refractivity contribution < 1.29 is 17.6 Å². The number of nitrogens with zero attached hydrogens (tertiary/aromatic N) is 1. The maximum Gasteiger partial charge on any atom is 0.389 e. The number of piperazine rings is 1. The highest BCUT2D eigenvalue weighted by Crippen LogP contribution is 2.33. The summed E-state index contributed by atoms with van der Waals surface area (Å²) in [5, 5.41) is 3.22. The Morgan fingerprint density at radius 3 is 2.45 bits per heavy atom. The second-order valence-corrected chi connectivity index (χ2v) is 5.34. The van der Waals surface area contributed by atoms with Gasteiger partial charge in [-0.3, -0.25) is 4.90 Å². The monoisotopic (exact) mass is 290 g/mol. The van der Waals surface area contributed by atoms with E-state index in [9.17, 15) is 13.2 Å². The van der Waals surface area contributed by atoms with Crippen molar-refractivity contribution in [2.24, 2.45) is 0 Å². The number of nitrogens with one attached hydrogen (secondary N) is 1. The van der Waals surface area contributed by atoms with E-state index in [0.29, 0.717) is 5.76 Å². The zero-order valence-electron chi connectivity index (χ0n) is 11.9. The van der Waals surface area contributed by atoms with Crippen LogP contribution in [0.4, 0.5) is 13.2 Å². The van der Waals surface area contributed by atoms with Gasteiger partial charge in [0.05, 0.1) is 6.04 Å². The Morgan fingerprint density at radius 1 is 1.30 bits per heavy atom. The van der Waals surface area contributed by atoms with Crippen LogP contribution in [0.15, 0.2) is 10.5 Å². The van der Waals surface area contributed by atoms with Gasteiger partial charge in [-0.25, -0.2) is 0 Å². The predicted octanol–water partition coefficient (Wildman–Crippen LogP) is 3.19. The molecule has 0 aromatic carbocycles. The maximum atomic E-state index is 12.5. The molecule has 1 aromatic rings. The highest BCUT2D eigenvalue weighted by Gasteiger charge is 2.32. The van der Waals surface area contributed by atoms with Crippen LogP contribution in [0.1, 0.15) is 36.0 Å². The van der Waals surface area contributed by atoms with E-state index in [1.165, 1.54) is 0 Å². The minimum absolute atomic E-state index is 0.0515. The zero-order chi connectivity index (χ0) is 14.8. The van der Waals surface area contributed by atoms with E-state index in [2.05, 4.69) is 10.2 Å². The van der Waals surface area contributed by atoms with Gasteiger partial charge in [0.2, 0.25) is 0 Å². The van der Waals surface area contributed by atoms with Gasteiger partial charge in [-0.15, -0.1) is 0 Å². The molecule has 1 aliphatic heterocycles. The van der Waals surface area contributed by atoms with Crippen LogP contribution in [0, 0.1) is 13.8 Å². The molecule has 3 nitrogen and oxygen atoms in total. The Morgan fingerprint density at radius 2 is 1.95 bits per heavy atom. The fraction of sp³-hybridized carbons (Fsp3) is 0.714. The molecule has 0 spiro atoms. The van der Waals surface area contributed by atoms with Gasteiger partial charge in [0.1, 0.15) is 11.5 Å². The van der Waals surface area contributed by atoms with Crippen LogP contribution >= 0.6 is 0 Å². The summed E-state index contributed by atoms with van der Waals surface area (Å²) < 4.78 is 43.2. The Bertz CT molecular complexity index is 417. The first kappa shape index (κ1) is 15.4. The molecule has 6 heteroatoms. The summed E-state index contributed by atoms with van der Waals surface area (Å²) in [6.07, 6.45) is -4.85. The number of aryl methyl sites for hydroxylation is 2. The first-order valence-electron chi connectivity index (χ1n) is 6.95. The van der Waals surface area contributed by atoms with Crippen LogP contribution in [0.5, 0.6) is 0 Å². The standard InChI is InChI=1S/C14H21F3N2O/c1-10-9-13(20-11(10)2)12(3-4-14(15,16)17)19-7-5-18-6-8-19/h9,12,18H,3-8H2,1-2H3/t12-/m0/s1. The summed E-state index contributed by atoms with van der Waals surface area (Å²) in [4.78, 5) is 2.08. The highest BCUT2D eigenvalue weighted by molar-refractivity contribution is 5.21. The van der Waals surface area contributed by atoms with E-state index in [4.69, 9.17) is 4.42 Å². The number of alkyl halides is 3. The van der Waals surface area contributed by atoms with Crippen LogP contribution < -0.4 is 5.32 Å². The molecule has 1 fully saturated rings. The van der Waals surface area contributed by atoms with Crippen molar-refractivity contribution in [3.63, 3.8) is 0 Å². The lowest BCUT2D eigenvalue weighted by molar-refractivity contribution is -0.138. The summed E-state index contributed by atoms with van der Waals surface area (Å²) in [5.41, 5.74) is 0.993. The molecule has 2 heterocycles. The molecule has 0 unspecified atom stereocenters. The Hall–Kier alpha value is -1.01. The lowest BCUT2D eigenvalue weighted by Crippen LogP contribution is -2.45. The molecule has 0 saturated carbocycles. The van der Waals surface area contributed by atoms with E-state index in [-0.39, 0.29) is 12.5 Å². The van der Waals surface area contributed by atoms with Gasteiger partial charge in [-0.05, 0) is 31.9 Å². The SMILES string of the molecule is Cc1cc([C@H](CCC(F)(F)F)N2CCNCC2)oc1C. The van der Waals surface area contributed by atoms with E-state index in [1.54, 1.807) is 0 Å². The van der Waals surface area contributed by atoms with E-state index in [1.807, 2.05) is 19.9 Å². The third-order valence-corrected chi connectivity index (χ3v) is 3.81. The lowest BCUT2D eigenvalue weighted by Gasteiger charge is -2.34. The summed E-state index contributed by atoms with van der Waals surface area (Å²) in [5.74, 6) is 1.44. The largest absolute Gasteiger partial charge is 0.464 e. The molecule has 2 rings (SSSR count). The minimum atomic E-state index is -4.12. The fourth-order valence-electron chi connectivity index (χ4n) is 2.56. The molecular weight excluding hydrogens is 269 g/mol. The summed E-state index contributed by atoms with van der Waals surface area (Å²) in [7, 11) is 0. The average molecular weight is 290 g/mol. The molecule has 1 aromatic heterocycles. The first-order valence-corrected chi connectivity index (χ1v) is 6.95. The van der Waals surface area contributed by atoms with Crippen LogP contribution in [0.3, 0.4) is 0 Å². The number of hydrogen-bond acceptors (Lipinski definition) is 3. The van der Waals surface area contributed by atoms with Crippen LogP contribution in [0.2, 0.25) is 0 Å². The molecule has 0 aliphatic carbocycles. The van der Waals surface area contributed by atoms with Crippen molar-refractivity contribution in [3.05, 3.63) is 23.2 Å². The topological polar surface area (TPSA) is 28.4 Å². The van der Waals surface area contributed by atoms with Crippen molar-refractivity contribution in [1.82, 2.24) is 10.2 Å². The van der Waals surface area contributed by atoms with Crippen molar-refractivity contribution >= 4 is 0 Å². The second-order valence-electron chi connectivity index (χ2n) is 5.34. The smallest absolute Gasteiger partial charge is 0.389 e. The Kier molecular flexibility index (Phi) is 4.75. The summed E-state index contributed by atoms with van der Waals surface area (Å²) >= 11 is 0. The third kappa shape index (κ3) is 3.99. The molecule has 114 valence electrons. The predicted molar refractivity (Wildman–Crippen MR) is 70.7 cm³/mol. The normalized spacial score (nSPS) is 19.2. The van der Waals surface area contributed by atoms with Gasteiger partial charge in [0, 0.05) is 32.6 Å². The molecule has 20 heavy (non-hydrogen) atoms. The average Bonchev–Trinajstić information content (AvgIpc) is 2.69. The van der Waals surface area contributed by atoms with Gasteiger partial charge in [-0.2, -0.15) is 13.2 Å². The maximum absolute atomic E-state index is 12.5. The number of furan rings is 1. The Labute approximate surface area is 117 Å². The zero-order valence-corrected chi connectivity index (χ0v) is 11.9. The molecule has 1 N–H and O–H groups in total. The quantitative estimate of drug-likeness (QED) is 0.923. The lowest BCUT2D eigenvalue weighted by atomic mass is 10.1. The molecule has 1 atom stereocenters. The van der Waals surface area contributed by atoms with Crippen molar-refractivity contribution in [3.8, 4) is 0 Å². The van der Waals surface area contributed by atoms with Crippen molar-refractivity contribution in [2.75, 3.05) is 26.2 Å². The van der Waals surface area contributed by atoms with Gasteiger partial charge in [0.25, 0.3) is 0 Å². The van der Waals surface area contributed by atoms with E-state index < -0.39 is 12.6 Å². The first-order chi connectivity index (χ1) is 9.37. The second kappa shape index (κ2) is 6.18.